The van der Waals surface area contributed by atoms with Crippen molar-refractivity contribution in [3.05, 3.63) is 57.0 Å². The fraction of sp³-hybridized carbons (Fsp3) is 0.300. The number of hydrogen-bond donors (Lipinski definition) is 0. The molecule has 0 N–H and O–H groups in total. The Morgan fingerprint density at radius 3 is 2.12 bits per heavy atom. The Hall–Kier alpha value is -1.35. The van der Waals surface area contributed by atoms with Crippen LogP contribution in [0, 0.1) is 11.8 Å². The van der Waals surface area contributed by atoms with Crippen LogP contribution in [0.25, 0.3) is 11.1 Å². The van der Waals surface area contributed by atoms with E-state index in [-0.39, 0.29) is 23.4 Å². The highest BCUT2D eigenvalue weighted by atomic mass is 35.5. The summed E-state index contributed by atoms with van der Waals surface area (Å²) in [5, 5.41) is 1.51. The number of benzene rings is 2. The van der Waals surface area contributed by atoms with E-state index in [1.54, 1.807) is 18.2 Å². The zero-order chi connectivity index (χ0) is 17.7. The van der Waals surface area contributed by atoms with Gasteiger partial charge in [0.25, 0.3) is 0 Å². The molecule has 2 aromatic carbocycles. The van der Waals surface area contributed by atoms with Gasteiger partial charge in [-0.1, -0.05) is 46.9 Å². The minimum absolute atomic E-state index is 0.00783. The summed E-state index contributed by atoms with van der Waals surface area (Å²) < 4.78 is 0. The van der Waals surface area contributed by atoms with Crippen LogP contribution in [0.3, 0.4) is 0 Å². The highest BCUT2D eigenvalue weighted by molar-refractivity contribution is 6.36. The molecule has 2 nitrogen and oxygen atoms in total. The van der Waals surface area contributed by atoms with Gasteiger partial charge in [-0.3, -0.25) is 9.59 Å². The molecule has 2 aliphatic carbocycles. The Balaban J connectivity index is 1.80. The lowest BCUT2D eigenvalue weighted by atomic mass is 9.75. The van der Waals surface area contributed by atoms with Crippen molar-refractivity contribution in [2.45, 2.75) is 25.2 Å². The number of Topliss-reactive ketones (excluding diaryl/α,β-unsaturated/α-hetero) is 2. The molecule has 25 heavy (non-hydrogen) atoms. The Labute approximate surface area is 161 Å². The van der Waals surface area contributed by atoms with Crippen molar-refractivity contribution in [1.82, 2.24) is 0 Å². The monoisotopic (exact) mass is 392 g/mol. The first-order valence-corrected chi connectivity index (χ1v) is 9.41. The maximum atomic E-state index is 12.8. The van der Waals surface area contributed by atoms with Gasteiger partial charge in [-0.2, -0.15) is 0 Å². The Bertz CT molecular complexity index is 869. The number of rotatable bonds is 2. The molecule has 2 aliphatic rings. The number of carbonyl (C=O) groups is 2. The molecule has 0 saturated heterocycles. The lowest BCUT2D eigenvalue weighted by molar-refractivity contribution is -0.135. The lowest BCUT2D eigenvalue weighted by Crippen LogP contribution is -2.34. The van der Waals surface area contributed by atoms with Crippen LogP contribution < -0.4 is 0 Å². The standard InChI is InChI=1S/C20H15Cl3O2/c21-13-4-5-14(17(23)9-13)10-3-6-16(22)15(8-10)18-19(24)11-1-2-12(7-11)20(18)25/h3-6,8-9,11-12,18H,1-2,7H2/t11-,12+,18?. The average Bonchev–Trinajstić information content (AvgIpc) is 3.02. The summed E-state index contributed by atoms with van der Waals surface area (Å²) in [6.45, 7) is 0. The molecule has 0 spiro atoms. The molecule has 0 heterocycles. The molecule has 3 atom stereocenters. The normalized spacial score (nSPS) is 25.5. The summed E-state index contributed by atoms with van der Waals surface area (Å²) >= 11 is 18.6. The van der Waals surface area contributed by atoms with Crippen LogP contribution in [-0.2, 0) is 9.59 Å². The van der Waals surface area contributed by atoms with Crippen LogP contribution in [0.1, 0.15) is 30.7 Å². The fourth-order valence-electron chi connectivity index (χ4n) is 4.07. The highest BCUT2D eigenvalue weighted by Crippen LogP contribution is 2.46. The van der Waals surface area contributed by atoms with Crippen LogP contribution in [0.4, 0.5) is 0 Å². The first-order chi connectivity index (χ1) is 12.0. The first-order valence-electron chi connectivity index (χ1n) is 8.28. The molecule has 2 bridgehead atoms. The number of carbonyl (C=O) groups excluding carboxylic acids is 2. The van der Waals surface area contributed by atoms with Crippen molar-refractivity contribution in [2.75, 3.05) is 0 Å². The van der Waals surface area contributed by atoms with Crippen molar-refractivity contribution < 1.29 is 9.59 Å². The van der Waals surface area contributed by atoms with Crippen molar-refractivity contribution in [1.29, 1.82) is 0 Å². The predicted molar refractivity (Wildman–Crippen MR) is 100 cm³/mol. The van der Waals surface area contributed by atoms with Gasteiger partial charge in [-0.25, -0.2) is 0 Å². The third kappa shape index (κ3) is 2.91. The topological polar surface area (TPSA) is 34.1 Å². The van der Waals surface area contributed by atoms with E-state index in [4.69, 9.17) is 34.8 Å². The largest absolute Gasteiger partial charge is 0.298 e. The summed E-state index contributed by atoms with van der Waals surface area (Å²) in [6.07, 6.45) is 2.33. The van der Waals surface area contributed by atoms with Crippen molar-refractivity contribution in [3.8, 4) is 11.1 Å². The van der Waals surface area contributed by atoms with Gasteiger partial charge in [0.1, 0.15) is 5.92 Å². The van der Waals surface area contributed by atoms with E-state index in [0.717, 1.165) is 24.0 Å². The van der Waals surface area contributed by atoms with Crippen LogP contribution in [0.5, 0.6) is 0 Å². The van der Waals surface area contributed by atoms with E-state index in [9.17, 15) is 9.59 Å². The molecule has 2 saturated carbocycles. The second-order valence-electron chi connectivity index (χ2n) is 6.81. The van der Waals surface area contributed by atoms with Gasteiger partial charge >= 0.3 is 0 Å². The van der Waals surface area contributed by atoms with Gasteiger partial charge in [0.2, 0.25) is 0 Å². The van der Waals surface area contributed by atoms with Gasteiger partial charge in [0.05, 0.1) is 0 Å². The quantitative estimate of drug-likeness (QED) is 0.589. The SMILES string of the molecule is O=C1C(c2cc(-c3ccc(Cl)cc3Cl)ccc2Cl)C(=O)[C@H]2CC[C@@H]1C2. The second-order valence-corrected chi connectivity index (χ2v) is 8.06. The van der Waals surface area contributed by atoms with E-state index in [0.29, 0.717) is 27.1 Å². The number of hydrogen-bond acceptors (Lipinski definition) is 2. The van der Waals surface area contributed by atoms with Gasteiger partial charge < -0.3 is 0 Å². The van der Waals surface area contributed by atoms with E-state index in [1.807, 2.05) is 18.2 Å². The minimum Gasteiger partial charge on any atom is -0.298 e. The number of ketones is 2. The van der Waals surface area contributed by atoms with Gasteiger partial charge in [-0.05, 0) is 54.7 Å². The third-order valence-electron chi connectivity index (χ3n) is 5.36. The van der Waals surface area contributed by atoms with E-state index >= 15 is 0 Å². The average molecular weight is 394 g/mol. The fourth-order valence-corrected chi connectivity index (χ4v) is 4.82. The maximum absolute atomic E-state index is 12.8. The summed E-state index contributed by atoms with van der Waals surface area (Å²) in [6, 6.07) is 10.6. The molecule has 0 aromatic heterocycles. The molecule has 1 unspecified atom stereocenters. The zero-order valence-corrected chi connectivity index (χ0v) is 15.5. The molecular formula is C20H15Cl3O2. The van der Waals surface area contributed by atoms with Crippen molar-refractivity contribution >= 4 is 46.4 Å². The van der Waals surface area contributed by atoms with Gasteiger partial charge in [-0.15, -0.1) is 0 Å². The number of halogens is 3. The summed E-state index contributed by atoms with van der Waals surface area (Å²) in [7, 11) is 0. The Morgan fingerprint density at radius 1 is 0.800 bits per heavy atom. The van der Waals surface area contributed by atoms with Crippen molar-refractivity contribution in [2.24, 2.45) is 11.8 Å². The number of fused-ring (bicyclic) bond motifs is 2. The molecule has 0 aliphatic heterocycles. The zero-order valence-electron chi connectivity index (χ0n) is 13.3. The van der Waals surface area contributed by atoms with E-state index in [1.165, 1.54) is 0 Å². The molecule has 2 aromatic rings. The van der Waals surface area contributed by atoms with Crippen LogP contribution >= 0.6 is 34.8 Å². The molecule has 0 amide bonds. The smallest absolute Gasteiger partial charge is 0.150 e. The van der Waals surface area contributed by atoms with Crippen LogP contribution in [0.2, 0.25) is 15.1 Å². The van der Waals surface area contributed by atoms with Gasteiger partial charge in [0.15, 0.2) is 11.6 Å². The molecule has 0 radical (unpaired) electrons. The Kier molecular flexibility index (Phi) is 4.39. The molecular weight excluding hydrogens is 379 g/mol. The van der Waals surface area contributed by atoms with E-state index < -0.39 is 5.92 Å². The van der Waals surface area contributed by atoms with Crippen LogP contribution in [-0.4, -0.2) is 11.6 Å². The third-order valence-corrected chi connectivity index (χ3v) is 6.25. The Morgan fingerprint density at radius 2 is 1.48 bits per heavy atom. The van der Waals surface area contributed by atoms with E-state index in [2.05, 4.69) is 0 Å². The first kappa shape index (κ1) is 17.1. The molecule has 5 heteroatoms. The lowest BCUT2D eigenvalue weighted by Gasteiger charge is -2.26. The summed E-state index contributed by atoms with van der Waals surface area (Å²) in [5.74, 6) is -0.733. The highest BCUT2D eigenvalue weighted by Gasteiger charge is 2.47. The maximum Gasteiger partial charge on any atom is 0.150 e. The molecule has 2 fully saturated rings. The minimum atomic E-state index is -0.746. The second kappa shape index (κ2) is 6.42. The molecule has 128 valence electrons. The summed E-state index contributed by atoms with van der Waals surface area (Å²) in [5.41, 5.74) is 2.21. The van der Waals surface area contributed by atoms with Crippen molar-refractivity contribution in [3.63, 3.8) is 0 Å². The molecule has 4 rings (SSSR count). The van der Waals surface area contributed by atoms with Crippen LogP contribution in [0.15, 0.2) is 36.4 Å². The predicted octanol–water partition coefficient (Wildman–Crippen LogP) is 5.97. The van der Waals surface area contributed by atoms with Gasteiger partial charge in [0, 0.05) is 32.5 Å². The summed E-state index contributed by atoms with van der Waals surface area (Å²) in [4.78, 5) is 25.6.